The SMILES string of the molecule is CC(c1noc(-c2cccc(Cl)c2)n1)N1CCN(C(=O)O)C[C@H]1C. The van der Waals surface area contributed by atoms with Gasteiger partial charge in [-0.2, -0.15) is 4.98 Å². The van der Waals surface area contributed by atoms with Crippen molar-refractivity contribution in [3.8, 4) is 11.5 Å². The van der Waals surface area contributed by atoms with Gasteiger partial charge in [-0.1, -0.05) is 22.8 Å². The van der Waals surface area contributed by atoms with Crippen LogP contribution in [-0.2, 0) is 0 Å². The van der Waals surface area contributed by atoms with E-state index in [4.69, 9.17) is 21.2 Å². The smallest absolute Gasteiger partial charge is 0.407 e. The molecule has 24 heavy (non-hydrogen) atoms. The highest BCUT2D eigenvalue weighted by Crippen LogP contribution is 2.26. The van der Waals surface area contributed by atoms with Crippen molar-refractivity contribution in [2.45, 2.75) is 25.9 Å². The van der Waals surface area contributed by atoms with Crippen molar-refractivity contribution in [2.24, 2.45) is 0 Å². The maximum absolute atomic E-state index is 11.1. The first kappa shape index (κ1) is 16.7. The number of hydrogen-bond acceptors (Lipinski definition) is 5. The van der Waals surface area contributed by atoms with Crippen LogP contribution in [0.5, 0.6) is 0 Å². The Labute approximate surface area is 144 Å². The molecule has 0 aliphatic carbocycles. The molecule has 0 spiro atoms. The van der Waals surface area contributed by atoms with Crippen LogP contribution < -0.4 is 0 Å². The number of carbonyl (C=O) groups is 1. The minimum absolute atomic E-state index is 0.0624. The Balaban J connectivity index is 1.74. The molecule has 2 heterocycles. The van der Waals surface area contributed by atoms with E-state index in [1.54, 1.807) is 12.1 Å². The van der Waals surface area contributed by atoms with E-state index >= 15 is 0 Å². The van der Waals surface area contributed by atoms with Crippen molar-refractivity contribution in [1.82, 2.24) is 19.9 Å². The van der Waals surface area contributed by atoms with Crippen LogP contribution in [0.1, 0.15) is 25.7 Å². The van der Waals surface area contributed by atoms with E-state index in [2.05, 4.69) is 15.0 Å². The third-order valence-corrected chi connectivity index (χ3v) is 4.57. The molecule has 1 aromatic heterocycles. The lowest BCUT2D eigenvalue weighted by atomic mass is 10.1. The fourth-order valence-electron chi connectivity index (χ4n) is 3.01. The molecular formula is C16H19ClN4O3. The van der Waals surface area contributed by atoms with Crippen LogP contribution in [-0.4, -0.2) is 56.8 Å². The third-order valence-electron chi connectivity index (χ3n) is 4.33. The molecule has 1 N–H and O–H groups in total. The van der Waals surface area contributed by atoms with Crippen molar-refractivity contribution in [2.75, 3.05) is 19.6 Å². The highest BCUT2D eigenvalue weighted by Gasteiger charge is 2.32. The highest BCUT2D eigenvalue weighted by molar-refractivity contribution is 6.30. The van der Waals surface area contributed by atoms with Crippen molar-refractivity contribution < 1.29 is 14.4 Å². The molecule has 2 aromatic rings. The molecule has 1 saturated heterocycles. The zero-order chi connectivity index (χ0) is 17.3. The monoisotopic (exact) mass is 350 g/mol. The molecule has 1 aliphatic heterocycles. The lowest BCUT2D eigenvalue weighted by Gasteiger charge is -2.40. The highest BCUT2D eigenvalue weighted by atomic mass is 35.5. The van der Waals surface area contributed by atoms with Gasteiger partial charge in [0, 0.05) is 36.3 Å². The average molecular weight is 351 g/mol. The predicted octanol–water partition coefficient (Wildman–Crippen LogP) is 3.14. The first-order valence-corrected chi connectivity index (χ1v) is 8.16. The lowest BCUT2D eigenvalue weighted by Crippen LogP contribution is -2.53. The van der Waals surface area contributed by atoms with E-state index in [1.165, 1.54) is 4.90 Å². The predicted molar refractivity (Wildman–Crippen MR) is 88.9 cm³/mol. The van der Waals surface area contributed by atoms with E-state index in [9.17, 15) is 4.79 Å². The van der Waals surface area contributed by atoms with Gasteiger partial charge in [-0.15, -0.1) is 0 Å². The Hall–Kier alpha value is -2.12. The number of halogens is 1. The molecule has 0 bridgehead atoms. The minimum atomic E-state index is -0.878. The molecule has 7 nitrogen and oxygen atoms in total. The third kappa shape index (κ3) is 3.37. The van der Waals surface area contributed by atoms with Crippen LogP contribution in [0.15, 0.2) is 28.8 Å². The Bertz CT molecular complexity index is 736. The second-order valence-electron chi connectivity index (χ2n) is 5.96. The van der Waals surface area contributed by atoms with E-state index in [-0.39, 0.29) is 12.1 Å². The van der Waals surface area contributed by atoms with Gasteiger partial charge >= 0.3 is 6.09 Å². The normalized spacial score (nSPS) is 20.1. The summed E-state index contributed by atoms with van der Waals surface area (Å²) in [5.41, 5.74) is 0.775. The second-order valence-corrected chi connectivity index (χ2v) is 6.40. The van der Waals surface area contributed by atoms with E-state index in [0.29, 0.717) is 36.4 Å². The Morgan fingerprint density at radius 1 is 1.46 bits per heavy atom. The summed E-state index contributed by atoms with van der Waals surface area (Å²) in [5, 5.41) is 13.8. The Morgan fingerprint density at radius 2 is 2.25 bits per heavy atom. The van der Waals surface area contributed by atoms with E-state index in [0.717, 1.165) is 5.56 Å². The van der Waals surface area contributed by atoms with E-state index < -0.39 is 6.09 Å². The summed E-state index contributed by atoms with van der Waals surface area (Å²) in [4.78, 5) is 19.2. The average Bonchev–Trinajstić information content (AvgIpc) is 3.04. The quantitative estimate of drug-likeness (QED) is 0.915. The number of rotatable bonds is 3. The summed E-state index contributed by atoms with van der Waals surface area (Å²) in [5.74, 6) is 1.01. The van der Waals surface area contributed by atoms with Crippen molar-refractivity contribution in [3.05, 3.63) is 35.1 Å². The van der Waals surface area contributed by atoms with Gasteiger partial charge in [0.2, 0.25) is 0 Å². The number of carboxylic acid groups (broad SMARTS) is 1. The van der Waals surface area contributed by atoms with Crippen LogP contribution >= 0.6 is 11.6 Å². The number of nitrogens with zero attached hydrogens (tertiary/aromatic N) is 4. The van der Waals surface area contributed by atoms with Gasteiger partial charge in [0.25, 0.3) is 5.89 Å². The fourth-order valence-corrected chi connectivity index (χ4v) is 3.20. The molecule has 0 radical (unpaired) electrons. The molecule has 1 aliphatic rings. The topological polar surface area (TPSA) is 82.7 Å². The van der Waals surface area contributed by atoms with Crippen molar-refractivity contribution in [1.29, 1.82) is 0 Å². The molecule has 1 aromatic carbocycles. The Kier molecular flexibility index (Phi) is 4.73. The summed E-state index contributed by atoms with van der Waals surface area (Å²) in [6.45, 7) is 5.58. The van der Waals surface area contributed by atoms with Gasteiger partial charge in [0.05, 0.1) is 6.04 Å². The van der Waals surface area contributed by atoms with E-state index in [1.807, 2.05) is 26.0 Å². The summed E-state index contributed by atoms with van der Waals surface area (Å²) in [6, 6.07) is 7.28. The largest absolute Gasteiger partial charge is 0.465 e. The van der Waals surface area contributed by atoms with Crippen LogP contribution in [0, 0.1) is 0 Å². The summed E-state index contributed by atoms with van der Waals surface area (Å²) in [7, 11) is 0. The summed E-state index contributed by atoms with van der Waals surface area (Å²) >= 11 is 5.99. The number of amides is 1. The van der Waals surface area contributed by atoms with Gasteiger partial charge in [0.1, 0.15) is 0 Å². The maximum atomic E-state index is 11.1. The van der Waals surface area contributed by atoms with Crippen LogP contribution in [0.2, 0.25) is 5.02 Å². The zero-order valence-electron chi connectivity index (χ0n) is 13.5. The number of benzene rings is 1. The zero-order valence-corrected chi connectivity index (χ0v) is 14.3. The Morgan fingerprint density at radius 3 is 2.92 bits per heavy atom. The maximum Gasteiger partial charge on any atom is 0.407 e. The van der Waals surface area contributed by atoms with Crippen molar-refractivity contribution in [3.63, 3.8) is 0 Å². The van der Waals surface area contributed by atoms with Gasteiger partial charge in [-0.25, -0.2) is 4.79 Å². The minimum Gasteiger partial charge on any atom is -0.465 e. The molecule has 1 amide bonds. The second kappa shape index (κ2) is 6.78. The summed E-state index contributed by atoms with van der Waals surface area (Å²) in [6.07, 6.45) is -0.878. The van der Waals surface area contributed by atoms with Gasteiger partial charge in [-0.05, 0) is 32.0 Å². The van der Waals surface area contributed by atoms with Gasteiger partial charge in [0.15, 0.2) is 5.82 Å². The number of piperazine rings is 1. The molecule has 128 valence electrons. The molecule has 3 rings (SSSR count). The standard InChI is InChI=1S/C16H19ClN4O3/c1-10-9-20(16(22)23)6-7-21(10)11(2)14-18-15(24-19-14)12-4-3-5-13(17)8-12/h3-5,8,10-11H,6-7,9H2,1-2H3,(H,22,23)/t10-,11?/m1/s1. The van der Waals surface area contributed by atoms with Crippen molar-refractivity contribution >= 4 is 17.7 Å². The van der Waals surface area contributed by atoms with Crippen LogP contribution in [0.4, 0.5) is 4.79 Å². The molecule has 1 fully saturated rings. The number of aromatic nitrogens is 2. The van der Waals surface area contributed by atoms with Crippen LogP contribution in [0.3, 0.4) is 0 Å². The number of hydrogen-bond donors (Lipinski definition) is 1. The summed E-state index contributed by atoms with van der Waals surface area (Å²) < 4.78 is 5.36. The molecule has 8 heteroatoms. The van der Waals surface area contributed by atoms with Crippen LogP contribution in [0.25, 0.3) is 11.5 Å². The molecule has 2 atom stereocenters. The fraction of sp³-hybridized carbons (Fsp3) is 0.438. The molecule has 0 saturated carbocycles. The molecular weight excluding hydrogens is 332 g/mol. The molecule has 1 unspecified atom stereocenters. The first-order valence-electron chi connectivity index (χ1n) is 7.79. The lowest BCUT2D eigenvalue weighted by molar-refractivity contribution is 0.0501. The van der Waals surface area contributed by atoms with Gasteiger partial charge < -0.3 is 14.5 Å². The van der Waals surface area contributed by atoms with Gasteiger partial charge in [-0.3, -0.25) is 4.90 Å². The first-order chi connectivity index (χ1) is 11.5.